The quantitative estimate of drug-likeness (QED) is 0.896. The summed E-state index contributed by atoms with van der Waals surface area (Å²) < 4.78 is 0. The van der Waals surface area contributed by atoms with Crippen LogP contribution in [0.2, 0.25) is 0 Å². The van der Waals surface area contributed by atoms with Crippen LogP contribution in [0, 0.1) is 0 Å². The first-order valence-electron chi connectivity index (χ1n) is 8.35. The molecular weight excluding hydrogens is 290 g/mol. The Labute approximate surface area is 137 Å². The number of pyridine rings is 1. The van der Waals surface area contributed by atoms with Gasteiger partial charge in [0.05, 0.1) is 0 Å². The second kappa shape index (κ2) is 8.30. The standard InChI is InChI=1S/C18H25N3S/c1-2-4-11-21(12-5-3-1)18-16(8-6-10-20-18)14-19-15-17-9-7-13-22-17/h6-10,13,19H,1-5,11-12,14-15H2. The van der Waals surface area contributed by atoms with Gasteiger partial charge in [-0.15, -0.1) is 11.3 Å². The summed E-state index contributed by atoms with van der Waals surface area (Å²) in [4.78, 5) is 8.55. The molecule has 0 aromatic carbocycles. The highest BCUT2D eigenvalue weighted by Gasteiger charge is 2.13. The number of aromatic nitrogens is 1. The number of thiophene rings is 1. The minimum atomic E-state index is 0.886. The van der Waals surface area contributed by atoms with E-state index in [-0.39, 0.29) is 0 Å². The summed E-state index contributed by atoms with van der Waals surface area (Å²) in [6.07, 6.45) is 8.62. The van der Waals surface area contributed by atoms with Crippen LogP contribution in [0.1, 0.15) is 42.5 Å². The van der Waals surface area contributed by atoms with Gasteiger partial charge >= 0.3 is 0 Å². The van der Waals surface area contributed by atoms with Crippen LogP contribution in [0.25, 0.3) is 0 Å². The third kappa shape index (κ3) is 4.31. The molecule has 1 N–H and O–H groups in total. The van der Waals surface area contributed by atoms with E-state index in [1.807, 2.05) is 6.20 Å². The van der Waals surface area contributed by atoms with Gasteiger partial charge in [-0.2, -0.15) is 0 Å². The van der Waals surface area contributed by atoms with E-state index in [1.54, 1.807) is 11.3 Å². The Bertz CT molecular complexity index is 545. The van der Waals surface area contributed by atoms with E-state index in [0.717, 1.165) is 26.2 Å². The summed E-state index contributed by atoms with van der Waals surface area (Å²) in [7, 11) is 0. The highest BCUT2D eigenvalue weighted by atomic mass is 32.1. The lowest BCUT2D eigenvalue weighted by atomic mass is 10.1. The Morgan fingerprint density at radius 2 is 1.82 bits per heavy atom. The summed E-state index contributed by atoms with van der Waals surface area (Å²) in [6.45, 7) is 4.12. The van der Waals surface area contributed by atoms with Crippen molar-refractivity contribution in [1.29, 1.82) is 0 Å². The normalized spacial score (nSPS) is 16.3. The number of hydrogen-bond donors (Lipinski definition) is 1. The molecule has 1 aliphatic heterocycles. The average Bonchev–Trinajstić information content (AvgIpc) is 3.01. The molecule has 0 spiro atoms. The van der Waals surface area contributed by atoms with Crippen LogP contribution in [-0.4, -0.2) is 18.1 Å². The fourth-order valence-electron chi connectivity index (χ4n) is 3.05. The third-order valence-electron chi connectivity index (χ3n) is 4.22. The SMILES string of the molecule is c1csc(CNCc2cccnc2N2CCCCCCC2)c1. The zero-order chi connectivity index (χ0) is 15.0. The molecule has 2 aromatic heterocycles. The molecule has 0 atom stereocenters. The lowest BCUT2D eigenvalue weighted by molar-refractivity contribution is 0.551. The van der Waals surface area contributed by atoms with E-state index in [0.29, 0.717) is 0 Å². The van der Waals surface area contributed by atoms with Crippen molar-refractivity contribution in [3.63, 3.8) is 0 Å². The maximum Gasteiger partial charge on any atom is 0.133 e. The van der Waals surface area contributed by atoms with Gasteiger partial charge in [0.15, 0.2) is 0 Å². The topological polar surface area (TPSA) is 28.2 Å². The third-order valence-corrected chi connectivity index (χ3v) is 5.09. The van der Waals surface area contributed by atoms with E-state index < -0.39 is 0 Å². The maximum absolute atomic E-state index is 4.68. The van der Waals surface area contributed by atoms with Crippen LogP contribution in [-0.2, 0) is 13.1 Å². The highest BCUT2D eigenvalue weighted by molar-refractivity contribution is 7.09. The van der Waals surface area contributed by atoms with Gasteiger partial charge in [-0.3, -0.25) is 0 Å². The van der Waals surface area contributed by atoms with Crippen LogP contribution < -0.4 is 10.2 Å². The predicted octanol–water partition coefficient (Wildman–Crippen LogP) is 4.20. The first kappa shape index (κ1) is 15.5. The van der Waals surface area contributed by atoms with Crippen molar-refractivity contribution < 1.29 is 0 Å². The van der Waals surface area contributed by atoms with Gasteiger partial charge in [0.25, 0.3) is 0 Å². The highest BCUT2D eigenvalue weighted by Crippen LogP contribution is 2.21. The summed E-state index contributed by atoms with van der Waals surface area (Å²) >= 11 is 1.81. The first-order chi connectivity index (χ1) is 10.9. The van der Waals surface area contributed by atoms with Gasteiger partial charge in [-0.25, -0.2) is 4.98 Å². The van der Waals surface area contributed by atoms with E-state index in [2.05, 4.69) is 44.8 Å². The second-order valence-electron chi connectivity index (χ2n) is 5.92. The largest absolute Gasteiger partial charge is 0.356 e. The summed E-state index contributed by atoms with van der Waals surface area (Å²) in [5.41, 5.74) is 1.32. The molecule has 0 amide bonds. The maximum atomic E-state index is 4.68. The van der Waals surface area contributed by atoms with Gasteiger partial charge in [-0.05, 0) is 30.4 Å². The molecule has 0 unspecified atom stereocenters. The van der Waals surface area contributed by atoms with Crippen molar-refractivity contribution in [2.75, 3.05) is 18.0 Å². The van der Waals surface area contributed by atoms with Gasteiger partial charge in [-0.1, -0.05) is 31.4 Å². The van der Waals surface area contributed by atoms with Crippen molar-refractivity contribution in [2.24, 2.45) is 0 Å². The van der Waals surface area contributed by atoms with E-state index in [1.165, 1.54) is 48.4 Å². The van der Waals surface area contributed by atoms with E-state index in [9.17, 15) is 0 Å². The lowest BCUT2D eigenvalue weighted by Gasteiger charge is -2.27. The van der Waals surface area contributed by atoms with Crippen LogP contribution in [0.5, 0.6) is 0 Å². The minimum Gasteiger partial charge on any atom is -0.356 e. The van der Waals surface area contributed by atoms with E-state index >= 15 is 0 Å². The van der Waals surface area contributed by atoms with Crippen LogP contribution in [0.3, 0.4) is 0 Å². The molecule has 3 nitrogen and oxygen atoms in total. The first-order valence-corrected chi connectivity index (χ1v) is 9.23. The van der Waals surface area contributed by atoms with Crippen molar-refractivity contribution >= 4 is 17.2 Å². The molecule has 1 fully saturated rings. The van der Waals surface area contributed by atoms with Gasteiger partial charge < -0.3 is 10.2 Å². The number of hydrogen-bond acceptors (Lipinski definition) is 4. The predicted molar refractivity (Wildman–Crippen MR) is 94.4 cm³/mol. The van der Waals surface area contributed by atoms with Crippen LogP contribution in [0.15, 0.2) is 35.8 Å². The molecule has 3 rings (SSSR count). The summed E-state index contributed by atoms with van der Waals surface area (Å²) in [5.74, 6) is 1.18. The zero-order valence-electron chi connectivity index (χ0n) is 13.1. The molecule has 1 saturated heterocycles. The Kier molecular flexibility index (Phi) is 5.85. The number of anilines is 1. The van der Waals surface area contributed by atoms with Gasteiger partial charge in [0.1, 0.15) is 5.82 Å². The monoisotopic (exact) mass is 315 g/mol. The summed E-state index contributed by atoms with van der Waals surface area (Å²) in [5, 5.41) is 5.69. The van der Waals surface area contributed by atoms with Crippen LogP contribution >= 0.6 is 11.3 Å². The molecule has 0 radical (unpaired) electrons. The van der Waals surface area contributed by atoms with Crippen molar-refractivity contribution in [3.8, 4) is 0 Å². The molecule has 1 aliphatic rings. The fraction of sp³-hybridized carbons (Fsp3) is 0.500. The average molecular weight is 315 g/mol. The molecular formula is C18H25N3S. The van der Waals surface area contributed by atoms with Gasteiger partial charge in [0, 0.05) is 42.8 Å². The Hall–Kier alpha value is -1.39. The molecule has 0 aliphatic carbocycles. The van der Waals surface area contributed by atoms with E-state index in [4.69, 9.17) is 0 Å². The second-order valence-corrected chi connectivity index (χ2v) is 6.96. The number of nitrogens with zero attached hydrogens (tertiary/aromatic N) is 2. The van der Waals surface area contributed by atoms with Crippen molar-refractivity contribution in [3.05, 3.63) is 46.3 Å². The molecule has 118 valence electrons. The van der Waals surface area contributed by atoms with Crippen molar-refractivity contribution in [1.82, 2.24) is 10.3 Å². The smallest absolute Gasteiger partial charge is 0.133 e. The molecule has 2 aromatic rings. The molecule has 0 bridgehead atoms. The Morgan fingerprint density at radius 3 is 2.59 bits per heavy atom. The Morgan fingerprint density at radius 1 is 1.00 bits per heavy atom. The minimum absolute atomic E-state index is 0.886. The van der Waals surface area contributed by atoms with Crippen LogP contribution in [0.4, 0.5) is 5.82 Å². The zero-order valence-corrected chi connectivity index (χ0v) is 13.9. The number of nitrogens with one attached hydrogen (secondary N) is 1. The van der Waals surface area contributed by atoms with Crippen molar-refractivity contribution in [2.45, 2.75) is 45.2 Å². The Balaban J connectivity index is 1.63. The molecule has 4 heteroatoms. The summed E-state index contributed by atoms with van der Waals surface area (Å²) in [6, 6.07) is 8.55. The lowest BCUT2D eigenvalue weighted by Crippen LogP contribution is -2.29. The van der Waals surface area contributed by atoms with Gasteiger partial charge in [0.2, 0.25) is 0 Å². The molecule has 22 heavy (non-hydrogen) atoms. The fourth-order valence-corrected chi connectivity index (χ4v) is 3.72. The molecule has 0 saturated carbocycles. The molecule has 3 heterocycles. The number of rotatable bonds is 5.